The molecule has 0 aromatic heterocycles. The van der Waals surface area contributed by atoms with E-state index in [0.29, 0.717) is 5.92 Å². The van der Waals surface area contributed by atoms with E-state index >= 15 is 0 Å². The maximum absolute atomic E-state index is 2.43. The van der Waals surface area contributed by atoms with Crippen LogP contribution in [0.4, 0.5) is 0 Å². The van der Waals surface area contributed by atoms with Crippen molar-refractivity contribution in [2.45, 2.75) is 32.1 Å². The molecular weight excluding hydrogens is 247 g/mol. The third-order valence-corrected chi connectivity index (χ3v) is 3.35. The Kier molecular flexibility index (Phi) is 2.79. The van der Waals surface area contributed by atoms with Crippen molar-refractivity contribution in [3.05, 3.63) is 40.5 Å². The molecular formula is C13H14Zr. The van der Waals surface area contributed by atoms with Gasteiger partial charge >= 0.3 is 0 Å². The first kappa shape index (κ1) is 10.4. The standard InChI is InChI=1S/C13H14.Zr/c1-9-5-6-12-7-10-3-2-4-11(10)8-13(9)12;/h5-9H,2-4H2,1H3;. The van der Waals surface area contributed by atoms with Crippen LogP contribution in [0.2, 0.25) is 0 Å². The second-order valence-corrected chi connectivity index (χ2v) is 4.25. The van der Waals surface area contributed by atoms with Crippen LogP contribution in [0.15, 0.2) is 18.2 Å². The van der Waals surface area contributed by atoms with Gasteiger partial charge in [-0.2, -0.15) is 0 Å². The van der Waals surface area contributed by atoms with Gasteiger partial charge in [-0.15, -0.1) is 0 Å². The van der Waals surface area contributed by atoms with Gasteiger partial charge in [0.25, 0.3) is 0 Å². The van der Waals surface area contributed by atoms with Gasteiger partial charge in [-0.25, -0.2) is 0 Å². The Morgan fingerprint density at radius 2 is 1.86 bits per heavy atom. The fraction of sp³-hybridized carbons (Fsp3) is 0.385. The number of fused-ring (bicyclic) bond motifs is 2. The number of rotatable bonds is 0. The predicted octanol–water partition coefficient (Wildman–Crippen LogP) is 3.30. The molecule has 1 unspecified atom stereocenters. The summed E-state index contributed by atoms with van der Waals surface area (Å²) in [6.07, 6.45) is 8.54. The monoisotopic (exact) mass is 260 g/mol. The molecule has 0 aliphatic heterocycles. The first-order valence-electron chi connectivity index (χ1n) is 5.18. The molecule has 0 saturated carbocycles. The molecule has 14 heavy (non-hydrogen) atoms. The second kappa shape index (κ2) is 3.78. The summed E-state index contributed by atoms with van der Waals surface area (Å²) >= 11 is 0. The summed E-state index contributed by atoms with van der Waals surface area (Å²) < 4.78 is 0. The zero-order chi connectivity index (χ0) is 8.84. The van der Waals surface area contributed by atoms with Gasteiger partial charge in [0.1, 0.15) is 0 Å². The molecule has 0 amide bonds. The van der Waals surface area contributed by atoms with E-state index in [0.717, 1.165) is 0 Å². The van der Waals surface area contributed by atoms with E-state index in [1.807, 2.05) is 0 Å². The molecule has 0 heterocycles. The second-order valence-electron chi connectivity index (χ2n) is 4.25. The van der Waals surface area contributed by atoms with Crippen LogP contribution in [0.25, 0.3) is 6.08 Å². The Morgan fingerprint density at radius 1 is 1.14 bits per heavy atom. The van der Waals surface area contributed by atoms with Crippen molar-refractivity contribution in [3.63, 3.8) is 0 Å². The Labute approximate surface area is 105 Å². The molecule has 0 nitrogen and oxygen atoms in total. The third-order valence-electron chi connectivity index (χ3n) is 3.35. The van der Waals surface area contributed by atoms with E-state index in [-0.39, 0.29) is 26.2 Å². The average Bonchev–Trinajstić information content (AvgIpc) is 2.70. The molecule has 0 N–H and O–H groups in total. The number of allylic oxidation sites excluding steroid dienone is 1. The van der Waals surface area contributed by atoms with Crippen LogP contribution >= 0.6 is 0 Å². The van der Waals surface area contributed by atoms with Crippen LogP contribution in [0, 0.1) is 0 Å². The minimum absolute atomic E-state index is 0. The van der Waals surface area contributed by atoms with Gasteiger partial charge in [-0.05, 0) is 47.4 Å². The topological polar surface area (TPSA) is 0 Å². The van der Waals surface area contributed by atoms with Crippen LogP contribution in [0.5, 0.6) is 0 Å². The summed E-state index contributed by atoms with van der Waals surface area (Å²) in [6, 6.07) is 4.83. The molecule has 70 valence electrons. The van der Waals surface area contributed by atoms with Crippen LogP contribution in [-0.4, -0.2) is 0 Å². The van der Waals surface area contributed by atoms with E-state index < -0.39 is 0 Å². The van der Waals surface area contributed by atoms with E-state index in [4.69, 9.17) is 0 Å². The molecule has 0 radical (unpaired) electrons. The Morgan fingerprint density at radius 3 is 2.64 bits per heavy atom. The van der Waals surface area contributed by atoms with Gasteiger partial charge < -0.3 is 0 Å². The molecule has 2 aliphatic rings. The summed E-state index contributed by atoms with van der Waals surface area (Å²) in [5.74, 6) is 0.640. The third kappa shape index (κ3) is 1.46. The van der Waals surface area contributed by atoms with Gasteiger partial charge in [-0.3, -0.25) is 0 Å². The van der Waals surface area contributed by atoms with Gasteiger partial charge in [0.2, 0.25) is 0 Å². The first-order valence-corrected chi connectivity index (χ1v) is 5.18. The van der Waals surface area contributed by atoms with Crippen molar-refractivity contribution in [1.29, 1.82) is 0 Å². The van der Waals surface area contributed by atoms with Crippen molar-refractivity contribution in [1.82, 2.24) is 0 Å². The van der Waals surface area contributed by atoms with Gasteiger partial charge in [0.05, 0.1) is 0 Å². The summed E-state index contributed by atoms with van der Waals surface area (Å²) in [4.78, 5) is 0. The summed E-state index contributed by atoms with van der Waals surface area (Å²) in [5, 5.41) is 0. The summed E-state index contributed by atoms with van der Waals surface area (Å²) in [7, 11) is 0. The molecule has 0 bridgehead atoms. The van der Waals surface area contributed by atoms with Gasteiger partial charge in [-0.1, -0.05) is 31.2 Å². The molecule has 1 heteroatoms. The molecule has 0 fully saturated rings. The number of aryl methyl sites for hydroxylation is 2. The molecule has 3 rings (SSSR count). The van der Waals surface area contributed by atoms with Crippen molar-refractivity contribution >= 4 is 6.08 Å². The van der Waals surface area contributed by atoms with E-state index in [9.17, 15) is 0 Å². The summed E-state index contributed by atoms with van der Waals surface area (Å²) in [6.45, 7) is 2.28. The van der Waals surface area contributed by atoms with Crippen molar-refractivity contribution in [3.8, 4) is 0 Å². The minimum Gasteiger partial charge on any atom is -0.0767 e. The number of hydrogen-bond donors (Lipinski definition) is 0. The maximum atomic E-state index is 2.43. The van der Waals surface area contributed by atoms with E-state index in [1.54, 1.807) is 16.7 Å². The van der Waals surface area contributed by atoms with E-state index in [1.165, 1.54) is 24.8 Å². The van der Waals surface area contributed by atoms with Crippen LogP contribution < -0.4 is 0 Å². The normalized spacial score (nSPS) is 21.6. The smallest absolute Gasteiger partial charge is 0 e. The van der Waals surface area contributed by atoms with Crippen molar-refractivity contribution < 1.29 is 26.2 Å². The molecule has 1 aromatic rings. The molecule has 0 saturated heterocycles. The Balaban J connectivity index is 0.000000750. The van der Waals surface area contributed by atoms with Gasteiger partial charge in [0.15, 0.2) is 0 Å². The zero-order valence-electron chi connectivity index (χ0n) is 8.51. The first-order chi connectivity index (χ1) is 6.34. The largest absolute Gasteiger partial charge is 0.0767 e. The van der Waals surface area contributed by atoms with Crippen molar-refractivity contribution in [2.75, 3.05) is 0 Å². The molecule has 0 spiro atoms. The summed E-state index contributed by atoms with van der Waals surface area (Å²) in [5.41, 5.74) is 6.21. The Hall–Kier alpha value is -0.157. The molecule has 1 atom stereocenters. The van der Waals surface area contributed by atoms with Gasteiger partial charge in [0, 0.05) is 26.2 Å². The number of benzene rings is 1. The molecule has 2 aliphatic carbocycles. The fourth-order valence-corrected chi connectivity index (χ4v) is 2.55. The SMILES string of the molecule is CC1C=Cc2cc3c(cc21)CCC3.[Zr]. The van der Waals surface area contributed by atoms with Crippen LogP contribution in [0.1, 0.15) is 41.5 Å². The number of hydrogen-bond acceptors (Lipinski definition) is 0. The van der Waals surface area contributed by atoms with Crippen molar-refractivity contribution in [2.24, 2.45) is 0 Å². The quantitative estimate of drug-likeness (QED) is 0.672. The minimum atomic E-state index is 0. The van der Waals surface area contributed by atoms with E-state index in [2.05, 4.69) is 31.2 Å². The zero-order valence-corrected chi connectivity index (χ0v) is 11.0. The maximum Gasteiger partial charge on any atom is 0 e. The van der Waals surface area contributed by atoms with Crippen LogP contribution in [0.3, 0.4) is 0 Å². The molecule has 1 aromatic carbocycles. The Bertz CT molecular complexity index is 390. The predicted molar refractivity (Wildman–Crippen MR) is 55.9 cm³/mol. The average molecular weight is 261 g/mol. The van der Waals surface area contributed by atoms with Crippen LogP contribution in [-0.2, 0) is 39.0 Å². The fourth-order valence-electron chi connectivity index (χ4n) is 2.55.